The smallest absolute Gasteiger partial charge is 0.290 e. The van der Waals surface area contributed by atoms with Crippen LogP contribution >= 0.6 is 0 Å². The van der Waals surface area contributed by atoms with E-state index in [2.05, 4.69) is 13.8 Å². The van der Waals surface area contributed by atoms with Crippen LogP contribution in [0.5, 0.6) is 0 Å². The molecule has 0 saturated carbocycles. The summed E-state index contributed by atoms with van der Waals surface area (Å²) in [5.41, 5.74) is 0. The predicted molar refractivity (Wildman–Crippen MR) is 68.2 cm³/mol. The molecule has 0 aliphatic rings. The highest BCUT2D eigenvalue weighted by atomic mass is 32.2. The van der Waals surface area contributed by atoms with Crippen LogP contribution in [-0.4, -0.2) is 29.3 Å². The largest absolute Gasteiger partial charge is 0.402 e. The van der Waals surface area contributed by atoms with Gasteiger partial charge in [-0.15, -0.1) is 0 Å². The first-order valence-corrected chi connectivity index (χ1v) is 10.4. The summed E-state index contributed by atoms with van der Waals surface area (Å²) >= 11 is 0. The van der Waals surface area contributed by atoms with E-state index in [0.29, 0.717) is 12.3 Å². The van der Waals surface area contributed by atoms with Gasteiger partial charge < -0.3 is 4.43 Å². The average Bonchev–Trinajstić information content (AvgIpc) is 2.10. The lowest BCUT2D eigenvalue weighted by molar-refractivity contribution is 0.282. The van der Waals surface area contributed by atoms with Crippen molar-refractivity contribution < 1.29 is 17.0 Å². The van der Waals surface area contributed by atoms with E-state index in [9.17, 15) is 8.42 Å². The normalized spacial score (nSPS) is 13.4. The molecular weight excluding hydrogens is 244 g/mol. The van der Waals surface area contributed by atoms with Gasteiger partial charge in [0.05, 0.1) is 6.61 Å². The monoisotopic (exact) mass is 268 g/mol. The average molecular weight is 268 g/mol. The molecule has 0 saturated heterocycles. The van der Waals surface area contributed by atoms with Crippen molar-refractivity contribution in [1.29, 1.82) is 0 Å². The second-order valence-electron chi connectivity index (χ2n) is 5.00. The van der Waals surface area contributed by atoms with E-state index in [1.807, 2.05) is 20.0 Å². The van der Waals surface area contributed by atoms with Crippen molar-refractivity contribution in [2.75, 3.05) is 12.5 Å². The van der Waals surface area contributed by atoms with E-state index in [0.717, 1.165) is 6.04 Å². The summed E-state index contributed by atoms with van der Waals surface area (Å²) in [7, 11) is -5.37. The lowest BCUT2D eigenvalue weighted by Gasteiger charge is -2.24. The minimum Gasteiger partial charge on any atom is -0.402 e. The van der Waals surface area contributed by atoms with Crippen LogP contribution in [0.3, 0.4) is 0 Å². The van der Waals surface area contributed by atoms with E-state index in [-0.39, 0.29) is 12.5 Å². The van der Waals surface area contributed by atoms with Crippen molar-refractivity contribution in [3.63, 3.8) is 0 Å². The van der Waals surface area contributed by atoms with Gasteiger partial charge in [-0.05, 0) is 31.5 Å². The van der Waals surface area contributed by atoms with Gasteiger partial charge in [-0.3, -0.25) is 4.18 Å². The van der Waals surface area contributed by atoms with Gasteiger partial charge in [-0.25, -0.2) is 0 Å². The third-order valence-corrected chi connectivity index (χ3v) is 5.83. The number of hydrogen-bond acceptors (Lipinski definition) is 4. The summed E-state index contributed by atoms with van der Waals surface area (Å²) in [5, 5.41) is 0. The van der Waals surface area contributed by atoms with E-state index < -0.39 is 18.4 Å². The Labute approximate surface area is 101 Å². The second kappa shape index (κ2) is 6.73. The Morgan fingerprint density at radius 3 is 2.25 bits per heavy atom. The fourth-order valence-corrected chi connectivity index (χ4v) is 5.94. The first-order valence-electron chi connectivity index (χ1n) is 5.69. The molecule has 0 aromatic heterocycles. The zero-order valence-electron chi connectivity index (χ0n) is 10.9. The van der Waals surface area contributed by atoms with Gasteiger partial charge in [0.15, 0.2) is 14.3 Å². The van der Waals surface area contributed by atoms with Gasteiger partial charge in [0.25, 0.3) is 10.1 Å². The van der Waals surface area contributed by atoms with Crippen molar-refractivity contribution in [3.05, 3.63) is 0 Å². The molecule has 0 fully saturated rings. The van der Waals surface area contributed by atoms with Gasteiger partial charge in [0.2, 0.25) is 0 Å². The number of hydrogen-bond donors (Lipinski definition) is 0. The van der Waals surface area contributed by atoms with Gasteiger partial charge in [-0.2, -0.15) is 8.42 Å². The molecule has 0 rings (SSSR count). The summed E-state index contributed by atoms with van der Waals surface area (Å²) in [4.78, 5) is 0. The maximum absolute atomic E-state index is 11.4. The van der Waals surface area contributed by atoms with Gasteiger partial charge in [0, 0.05) is 0 Å². The van der Waals surface area contributed by atoms with Crippen molar-refractivity contribution in [3.8, 4) is 0 Å². The van der Waals surface area contributed by atoms with Gasteiger partial charge in [0.1, 0.15) is 0 Å². The number of rotatable bonds is 8. The highest BCUT2D eigenvalue weighted by Crippen LogP contribution is 2.18. The molecule has 0 aromatic rings. The van der Waals surface area contributed by atoms with E-state index >= 15 is 0 Å². The van der Waals surface area contributed by atoms with E-state index in [1.54, 1.807) is 0 Å². The topological polar surface area (TPSA) is 52.6 Å². The molecule has 0 atom stereocenters. The quantitative estimate of drug-likeness (QED) is 0.501. The first kappa shape index (κ1) is 16.1. The summed E-state index contributed by atoms with van der Waals surface area (Å²) in [6, 6.07) is 0.955. The molecule has 0 N–H and O–H groups in total. The Morgan fingerprint density at radius 2 is 1.81 bits per heavy atom. The predicted octanol–water partition coefficient (Wildman–Crippen LogP) is 2.58. The Morgan fingerprint density at radius 1 is 1.25 bits per heavy atom. The summed E-state index contributed by atoms with van der Waals surface area (Å²) in [6.07, 6.45) is 0.687. The molecule has 0 amide bonds. The molecule has 0 heterocycles. The molecule has 16 heavy (non-hydrogen) atoms. The lowest BCUT2D eigenvalue weighted by atomic mass is 10.3. The van der Waals surface area contributed by atoms with Crippen LogP contribution in [0.1, 0.15) is 27.2 Å². The Bertz CT molecular complexity index is 285. The van der Waals surface area contributed by atoms with Crippen LogP contribution < -0.4 is 0 Å². The Balaban J connectivity index is 4.12. The fourth-order valence-electron chi connectivity index (χ4n) is 1.52. The molecule has 0 aliphatic carbocycles. The molecule has 4 nitrogen and oxygen atoms in total. The Hall–Kier alpha value is 0.0869. The van der Waals surface area contributed by atoms with Gasteiger partial charge >= 0.3 is 0 Å². The van der Waals surface area contributed by atoms with E-state index in [4.69, 9.17) is 8.61 Å². The molecule has 0 aromatic carbocycles. The maximum Gasteiger partial charge on any atom is 0.290 e. The molecule has 0 bridgehead atoms. The van der Waals surface area contributed by atoms with Gasteiger partial charge in [-0.1, -0.05) is 20.8 Å². The second-order valence-corrected chi connectivity index (χ2v) is 10.8. The summed E-state index contributed by atoms with van der Waals surface area (Å²) in [5.74, 6) is 0.222. The molecule has 0 aliphatic heterocycles. The molecule has 0 radical (unpaired) electrons. The first-order chi connectivity index (χ1) is 7.18. The van der Waals surface area contributed by atoms with Crippen LogP contribution in [-0.2, 0) is 18.7 Å². The highest BCUT2D eigenvalue weighted by molar-refractivity contribution is 7.86. The summed E-state index contributed by atoms with van der Waals surface area (Å²) in [6.45, 7) is 10.4. The summed E-state index contributed by atoms with van der Waals surface area (Å²) < 4.78 is 33.1. The van der Waals surface area contributed by atoms with Crippen molar-refractivity contribution >= 4 is 18.4 Å². The zero-order chi connectivity index (χ0) is 12.8. The third kappa shape index (κ3) is 8.26. The van der Waals surface area contributed by atoms with Crippen molar-refractivity contribution in [1.82, 2.24) is 0 Å². The third-order valence-electron chi connectivity index (χ3n) is 1.96. The van der Waals surface area contributed by atoms with Crippen LogP contribution in [0.15, 0.2) is 0 Å². The minimum atomic E-state index is -3.50. The molecule has 0 unspecified atom stereocenters. The van der Waals surface area contributed by atoms with Crippen LogP contribution in [0.25, 0.3) is 0 Å². The Kier molecular flexibility index (Phi) is 6.77. The van der Waals surface area contributed by atoms with E-state index in [1.165, 1.54) is 0 Å². The fraction of sp³-hybridized carbons (Fsp3) is 1.00. The van der Waals surface area contributed by atoms with Crippen molar-refractivity contribution in [2.45, 2.75) is 46.3 Å². The lowest BCUT2D eigenvalue weighted by Crippen LogP contribution is -2.34. The molecule has 6 heteroatoms. The van der Waals surface area contributed by atoms with Crippen molar-refractivity contribution in [2.24, 2.45) is 5.92 Å². The van der Waals surface area contributed by atoms with Crippen LogP contribution in [0.2, 0.25) is 19.1 Å². The van der Waals surface area contributed by atoms with Crippen LogP contribution in [0.4, 0.5) is 0 Å². The standard InChI is InChI=1S/C10H24O4SSi/c1-6-7-13-15(11,12)9-14-16(4,5)8-10(2)3/h10H,6-9H2,1-5H3. The zero-order valence-corrected chi connectivity index (χ0v) is 12.8. The molecular formula is C10H24O4SSi. The molecule has 0 spiro atoms. The SMILES string of the molecule is CCCOS(=O)(=O)CO[Si](C)(C)CC(C)C. The molecule has 98 valence electrons. The minimum absolute atomic E-state index is 0.234. The highest BCUT2D eigenvalue weighted by Gasteiger charge is 2.26. The maximum atomic E-state index is 11.4. The van der Waals surface area contributed by atoms with Crippen LogP contribution in [0, 0.1) is 5.92 Å².